The molecule has 3 N–H and O–H groups in total. The highest BCUT2D eigenvalue weighted by Gasteiger charge is 2.33. The van der Waals surface area contributed by atoms with Gasteiger partial charge in [0.15, 0.2) is 0 Å². The van der Waals surface area contributed by atoms with Crippen LogP contribution in [-0.4, -0.2) is 28.3 Å². The van der Waals surface area contributed by atoms with Gasteiger partial charge in [-0.2, -0.15) is 5.10 Å². The molecule has 1 heterocycles. The highest BCUT2D eigenvalue weighted by Crippen LogP contribution is 2.41. The lowest BCUT2D eigenvalue weighted by atomic mass is 10.1. The van der Waals surface area contributed by atoms with Gasteiger partial charge in [0.1, 0.15) is 5.69 Å². The van der Waals surface area contributed by atoms with Crippen LogP contribution in [0.4, 0.5) is 0 Å². The number of hydrogen-bond donors (Lipinski definition) is 2. The van der Waals surface area contributed by atoms with Crippen LogP contribution in [0.5, 0.6) is 0 Å². The summed E-state index contributed by atoms with van der Waals surface area (Å²) in [6, 6.07) is 2.04. The molecule has 3 rings (SSSR count). The lowest BCUT2D eigenvalue weighted by molar-refractivity contribution is 0.0943. The number of carbonyl (C=O) groups is 1. The first-order valence-electron chi connectivity index (χ1n) is 8.00. The van der Waals surface area contributed by atoms with Crippen LogP contribution in [0.1, 0.15) is 68.6 Å². The Labute approximate surface area is 126 Å². The maximum Gasteiger partial charge on any atom is 0.271 e. The molecule has 116 valence electrons. The number of carbonyl (C=O) groups excluding carboxylic acids is 1. The maximum absolute atomic E-state index is 12.3. The summed E-state index contributed by atoms with van der Waals surface area (Å²) in [5, 5.41) is 7.48. The Morgan fingerprint density at radius 2 is 2.10 bits per heavy atom. The number of nitrogens with one attached hydrogen (secondary N) is 1. The summed E-state index contributed by atoms with van der Waals surface area (Å²) in [5.41, 5.74) is 7.65. The van der Waals surface area contributed by atoms with Crippen molar-refractivity contribution in [2.75, 3.05) is 6.54 Å². The van der Waals surface area contributed by atoms with E-state index in [9.17, 15) is 4.79 Å². The van der Waals surface area contributed by atoms with E-state index in [1.807, 2.05) is 10.7 Å². The molecule has 1 aromatic rings. The van der Waals surface area contributed by atoms with Gasteiger partial charge in [0, 0.05) is 24.2 Å². The third-order valence-corrected chi connectivity index (χ3v) is 4.33. The van der Waals surface area contributed by atoms with Crippen molar-refractivity contribution in [3.8, 4) is 0 Å². The molecule has 1 aromatic heterocycles. The van der Waals surface area contributed by atoms with E-state index in [-0.39, 0.29) is 17.5 Å². The molecule has 0 spiro atoms. The fraction of sp³-hybridized carbons (Fsp3) is 0.750. The van der Waals surface area contributed by atoms with E-state index in [4.69, 9.17) is 5.73 Å². The molecule has 0 aromatic carbocycles. The average Bonchev–Trinajstić information content (AvgIpc) is 3.31. The summed E-state index contributed by atoms with van der Waals surface area (Å²) in [5.74, 6) is 1.07. The molecule has 2 saturated carbocycles. The van der Waals surface area contributed by atoms with Gasteiger partial charge in [0.05, 0.1) is 5.54 Å². The van der Waals surface area contributed by atoms with Crippen molar-refractivity contribution in [1.29, 1.82) is 0 Å². The monoisotopic (exact) mass is 290 g/mol. The highest BCUT2D eigenvalue weighted by atomic mass is 16.1. The minimum Gasteiger partial charge on any atom is -0.349 e. The van der Waals surface area contributed by atoms with Crippen LogP contribution in [0.3, 0.4) is 0 Å². The fourth-order valence-electron chi connectivity index (χ4n) is 2.71. The van der Waals surface area contributed by atoms with E-state index in [0.717, 1.165) is 0 Å². The topological polar surface area (TPSA) is 72.9 Å². The van der Waals surface area contributed by atoms with Crippen molar-refractivity contribution in [2.45, 2.75) is 64.0 Å². The largest absolute Gasteiger partial charge is 0.349 e. The predicted molar refractivity (Wildman–Crippen MR) is 82.2 cm³/mol. The zero-order valence-electron chi connectivity index (χ0n) is 13.2. The van der Waals surface area contributed by atoms with Gasteiger partial charge in [-0.25, -0.2) is 0 Å². The van der Waals surface area contributed by atoms with E-state index >= 15 is 0 Å². The van der Waals surface area contributed by atoms with Crippen LogP contribution >= 0.6 is 0 Å². The third kappa shape index (κ3) is 3.28. The van der Waals surface area contributed by atoms with Crippen molar-refractivity contribution in [1.82, 2.24) is 15.1 Å². The quantitative estimate of drug-likeness (QED) is 0.871. The minimum atomic E-state index is -0.101. The van der Waals surface area contributed by atoms with Crippen LogP contribution in [0, 0.1) is 5.92 Å². The Kier molecular flexibility index (Phi) is 3.56. The average molecular weight is 290 g/mol. The highest BCUT2D eigenvalue weighted by molar-refractivity contribution is 5.92. The molecular weight excluding hydrogens is 264 g/mol. The summed E-state index contributed by atoms with van der Waals surface area (Å²) < 4.78 is 2.01. The van der Waals surface area contributed by atoms with Gasteiger partial charge in [-0.15, -0.1) is 0 Å². The van der Waals surface area contributed by atoms with Crippen molar-refractivity contribution in [2.24, 2.45) is 11.7 Å². The molecule has 2 aliphatic rings. The first-order valence-corrected chi connectivity index (χ1v) is 8.00. The normalized spacial score (nSPS) is 20.4. The summed E-state index contributed by atoms with van der Waals surface area (Å²) in [6.07, 6.45) is 4.80. The Balaban J connectivity index is 1.70. The zero-order chi connectivity index (χ0) is 15.2. The Morgan fingerprint density at radius 1 is 1.43 bits per heavy atom. The Hall–Kier alpha value is -1.36. The van der Waals surface area contributed by atoms with Gasteiger partial charge in [-0.05, 0) is 58.4 Å². The molecule has 1 atom stereocenters. The molecule has 1 unspecified atom stereocenters. The van der Waals surface area contributed by atoms with Gasteiger partial charge in [0.25, 0.3) is 5.91 Å². The van der Waals surface area contributed by atoms with Crippen molar-refractivity contribution >= 4 is 5.91 Å². The van der Waals surface area contributed by atoms with Gasteiger partial charge in [-0.3, -0.25) is 9.48 Å². The van der Waals surface area contributed by atoms with Gasteiger partial charge in [-0.1, -0.05) is 0 Å². The second-order valence-electron chi connectivity index (χ2n) is 7.52. The number of aromatic nitrogens is 2. The first kappa shape index (κ1) is 14.6. The molecule has 0 saturated heterocycles. The Bertz CT molecular complexity index is 535. The summed E-state index contributed by atoms with van der Waals surface area (Å²) in [4.78, 5) is 12.3. The van der Waals surface area contributed by atoms with Gasteiger partial charge < -0.3 is 11.1 Å². The SMILES string of the molecule is CC(C)(C)n1nc(C(=O)NCC(N)C2CC2)cc1C1CC1. The third-order valence-electron chi connectivity index (χ3n) is 4.33. The number of hydrogen-bond acceptors (Lipinski definition) is 3. The molecule has 2 fully saturated rings. The summed E-state index contributed by atoms with van der Waals surface area (Å²) >= 11 is 0. The molecule has 5 nitrogen and oxygen atoms in total. The smallest absolute Gasteiger partial charge is 0.271 e. The summed E-state index contributed by atoms with van der Waals surface area (Å²) in [7, 11) is 0. The molecule has 0 bridgehead atoms. The molecule has 2 aliphatic carbocycles. The number of nitrogens with two attached hydrogens (primary N) is 1. The fourth-order valence-corrected chi connectivity index (χ4v) is 2.71. The van der Waals surface area contributed by atoms with Crippen LogP contribution in [0.2, 0.25) is 0 Å². The second-order valence-corrected chi connectivity index (χ2v) is 7.52. The van der Waals surface area contributed by atoms with Crippen LogP contribution < -0.4 is 11.1 Å². The number of nitrogens with zero attached hydrogens (tertiary/aromatic N) is 2. The van der Waals surface area contributed by atoms with Crippen molar-refractivity contribution in [3.63, 3.8) is 0 Å². The molecule has 0 radical (unpaired) electrons. The van der Waals surface area contributed by atoms with Crippen molar-refractivity contribution < 1.29 is 4.79 Å². The van der Waals surface area contributed by atoms with E-state index in [0.29, 0.717) is 24.1 Å². The van der Waals surface area contributed by atoms with E-state index in [2.05, 4.69) is 31.2 Å². The van der Waals surface area contributed by atoms with Crippen molar-refractivity contribution in [3.05, 3.63) is 17.5 Å². The molecule has 0 aliphatic heterocycles. The van der Waals surface area contributed by atoms with Crippen LogP contribution in [0.15, 0.2) is 6.07 Å². The lowest BCUT2D eigenvalue weighted by Gasteiger charge is -2.22. The standard InChI is InChI=1S/C16H26N4O/c1-16(2,3)20-14(11-6-7-11)8-13(19-20)15(21)18-9-12(17)10-4-5-10/h8,10-12H,4-7,9,17H2,1-3H3,(H,18,21). The van der Waals surface area contributed by atoms with Crippen LogP contribution in [-0.2, 0) is 5.54 Å². The second kappa shape index (κ2) is 5.13. The van der Waals surface area contributed by atoms with Gasteiger partial charge in [0.2, 0.25) is 0 Å². The first-order chi connectivity index (χ1) is 9.86. The van der Waals surface area contributed by atoms with E-state index in [1.54, 1.807) is 0 Å². The van der Waals surface area contributed by atoms with Gasteiger partial charge >= 0.3 is 0 Å². The van der Waals surface area contributed by atoms with E-state index in [1.165, 1.54) is 31.4 Å². The number of amides is 1. The molecule has 5 heteroatoms. The molecule has 21 heavy (non-hydrogen) atoms. The summed E-state index contributed by atoms with van der Waals surface area (Å²) in [6.45, 7) is 6.91. The van der Waals surface area contributed by atoms with E-state index < -0.39 is 0 Å². The lowest BCUT2D eigenvalue weighted by Crippen LogP contribution is -2.38. The molecule has 1 amide bonds. The number of rotatable bonds is 5. The maximum atomic E-state index is 12.3. The zero-order valence-corrected chi connectivity index (χ0v) is 13.2. The Morgan fingerprint density at radius 3 is 2.62 bits per heavy atom. The molecular formula is C16H26N4O. The van der Waals surface area contributed by atoms with Crippen LogP contribution in [0.25, 0.3) is 0 Å². The predicted octanol–water partition coefficient (Wildman–Crippen LogP) is 1.98. The minimum absolute atomic E-state index is 0.0848.